The van der Waals surface area contributed by atoms with Crippen LogP contribution < -0.4 is 5.32 Å². The van der Waals surface area contributed by atoms with Crippen LogP contribution in [0.25, 0.3) is 0 Å². The van der Waals surface area contributed by atoms with Gasteiger partial charge in [-0.2, -0.15) is 13.2 Å². The summed E-state index contributed by atoms with van der Waals surface area (Å²) in [5.74, 6) is 0.341. The van der Waals surface area contributed by atoms with E-state index in [1.165, 1.54) is 12.4 Å². The summed E-state index contributed by atoms with van der Waals surface area (Å²) in [5, 5.41) is 2.38. The number of aromatic nitrogens is 2. The number of hydrogen-bond acceptors (Lipinski definition) is 2. The first-order chi connectivity index (χ1) is 6.54. The molecule has 0 fully saturated rings. The lowest BCUT2D eigenvalue weighted by Crippen LogP contribution is -2.43. The van der Waals surface area contributed by atoms with E-state index in [9.17, 15) is 13.2 Å². The van der Waals surface area contributed by atoms with Crippen LogP contribution in [0.3, 0.4) is 0 Å². The number of aromatic amines is 1. The van der Waals surface area contributed by atoms with Crippen molar-refractivity contribution in [1.82, 2.24) is 15.3 Å². The van der Waals surface area contributed by atoms with Gasteiger partial charge in [0, 0.05) is 18.8 Å². The molecule has 0 aliphatic heterocycles. The molecule has 14 heavy (non-hydrogen) atoms. The van der Waals surface area contributed by atoms with Crippen LogP contribution in [-0.2, 0) is 6.42 Å². The van der Waals surface area contributed by atoms with Crippen LogP contribution in [0.4, 0.5) is 13.2 Å². The summed E-state index contributed by atoms with van der Waals surface area (Å²) in [6.45, 7) is 1.92. The van der Waals surface area contributed by atoms with Crippen LogP contribution in [0.5, 0.6) is 0 Å². The number of hydrogen-bond donors (Lipinski definition) is 2. The second-order valence-electron chi connectivity index (χ2n) is 2.89. The average molecular weight is 207 g/mol. The van der Waals surface area contributed by atoms with Crippen molar-refractivity contribution in [2.75, 3.05) is 6.54 Å². The van der Waals surface area contributed by atoms with Gasteiger partial charge in [-0.1, -0.05) is 6.92 Å². The van der Waals surface area contributed by atoms with Gasteiger partial charge < -0.3 is 10.3 Å². The number of nitrogens with one attached hydrogen (secondary N) is 2. The summed E-state index contributed by atoms with van der Waals surface area (Å²) < 4.78 is 37.2. The summed E-state index contributed by atoms with van der Waals surface area (Å²) >= 11 is 0. The largest absolute Gasteiger partial charge is 0.404 e. The fourth-order valence-corrected chi connectivity index (χ4v) is 1.15. The summed E-state index contributed by atoms with van der Waals surface area (Å²) in [6, 6.07) is -1.53. The molecule has 0 saturated heterocycles. The average Bonchev–Trinajstić information content (AvgIpc) is 2.54. The molecule has 1 unspecified atom stereocenters. The molecule has 1 rings (SSSR count). The second-order valence-corrected chi connectivity index (χ2v) is 2.89. The first-order valence-electron chi connectivity index (χ1n) is 4.32. The first-order valence-corrected chi connectivity index (χ1v) is 4.32. The lowest BCUT2D eigenvalue weighted by Gasteiger charge is -2.19. The smallest absolute Gasteiger partial charge is 0.349 e. The summed E-state index contributed by atoms with van der Waals surface area (Å²) in [6.07, 6.45) is -1.45. The summed E-state index contributed by atoms with van der Waals surface area (Å²) in [4.78, 5) is 6.40. The van der Waals surface area contributed by atoms with E-state index in [-0.39, 0.29) is 13.0 Å². The fraction of sp³-hybridized carbons (Fsp3) is 0.625. The molecule has 1 aromatic rings. The Morgan fingerprint density at radius 2 is 2.29 bits per heavy atom. The van der Waals surface area contributed by atoms with Gasteiger partial charge in [-0.05, 0) is 6.54 Å². The highest BCUT2D eigenvalue weighted by Crippen LogP contribution is 2.22. The van der Waals surface area contributed by atoms with Crippen LogP contribution in [0.15, 0.2) is 12.4 Å². The Kier molecular flexibility index (Phi) is 3.51. The zero-order chi connectivity index (χ0) is 10.6. The van der Waals surface area contributed by atoms with E-state index < -0.39 is 12.2 Å². The predicted octanol–water partition coefficient (Wildman–Crippen LogP) is 1.49. The molecular weight excluding hydrogens is 195 g/mol. The molecule has 0 aliphatic carbocycles. The lowest BCUT2D eigenvalue weighted by molar-refractivity contribution is -0.155. The van der Waals surface area contributed by atoms with E-state index in [0.29, 0.717) is 5.82 Å². The Morgan fingerprint density at radius 3 is 2.71 bits per heavy atom. The quantitative estimate of drug-likeness (QED) is 0.785. The topological polar surface area (TPSA) is 40.7 Å². The van der Waals surface area contributed by atoms with Crippen molar-refractivity contribution in [3.8, 4) is 0 Å². The third-order valence-electron chi connectivity index (χ3n) is 1.80. The molecule has 0 amide bonds. The van der Waals surface area contributed by atoms with Crippen LogP contribution in [-0.4, -0.2) is 28.7 Å². The summed E-state index contributed by atoms with van der Waals surface area (Å²) in [7, 11) is 0. The predicted molar refractivity (Wildman–Crippen MR) is 45.8 cm³/mol. The zero-order valence-electron chi connectivity index (χ0n) is 7.73. The van der Waals surface area contributed by atoms with Gasteiger partial charge in [-0.25, -0.2) is 4.98 Å². The van der Waals surface area contributed by atoms with E-state index >= 15 is 0 Å². The van der Waals surface area contributed by atoms with Crippen LogP contribution in [0, 0.1) is 0 Å². The maximum Gasteiger partial charge on any atom is 0.404 e. The molecule has 0 radical (unpaired) electrons. The number of halogens is 3. The van der Waals surface area contributed by atoms with Crippen molar-refractivity contribution in [3.05, 3.63) is 18.2 Å². The minimum atomic E-state index is -4.23. The Hall–Kier alpha value is -1.04. The molecule has 0 aliphatic rings. The first kappa shape index (κ1) is 11.0. The molecule has 0 saturated carbocycles. The Balaban J connectivity index is 2.60. The molecular formula is C8H12F3N3. The Labute approximate surface area is 79.7 Å². The molecule has 0 spiro atoms. The monoisotopic (exact) mass is 207 g/mol. The number of alkyl halides is 3. The highest BCUT2D eigenvalue weighted by atomic mass is 19.4. The van der Waals surface area contributed by atoms with Gasteiger partial charge in [0.25, 0.3) is 0 Å². The fourth-order valence-electron chi connectivity index (χ4n) is 1.15. The molecule has 2 N–H and O–H groups in total. The molecule has 3 nitrogen and oxygen atoms in total. The maximum atomic E-state index is 12.4. The molecule has 1 atom stereocenters. The summed E-state index contributed by atoms with van der Waals surface area (Å²) in [5.41, 5.74) is 0. The molecule has 0 aromatic carbocycles. The van der Waals surface area contributed by atoms with Gasteiger partial charge in [0.15, 0.2) is 0 Å². The Morgan fingerprint density at radius 1 is 1.57 bits per heavy atom. The normalized spacial score (nSPS) is 14.3. The molecule has 6 heteroatoms. The van der Waals surface area contributed by atoms with Crippen molar-refractivity contribution in [3.63, 3.8) is 0 Å². The number of likely N-dealkylation sites (N-methyl/N-ethyl adjacent to an activating group) is 1. The minimum absolute atomic E-state index is 0.162. The lowest BCUT2D eigenvalue weighted by atomic mass is 10.2. The third-order valence-corrected chi connectivity index (χ3v) is 1.80. The molecule has 80 valence electrons. The second kappa shape index (κ2) is 4.45. The van der Waals surface area contributed by atoms with E-state index in [4.69, 9.17) is 0 Å². The van der Waals surface area contributed by atoms with Gasteiger partial charge in [0.2, 0.25) is 0 Å². The number of imidazole rings is 1. The van der Waals surface area contributed by atoms with Crippen LogP contribution >= 0.6 is 0 Å². The standard InChI is InChI=1S/C8H12F3N3/c1-2-12-6(8(9,10)11)5-7-13-3-4-14-7/h3-4,6,12H,2,5H2,1H3,(H,13,14). The molecule has 1 aromatic heterocycles. The van der Waals surface area contributed by atoms with E-state index in [1.807, 2.05) is 0 Å². The third kappa shape index (κ3) is 3.02. The van der Waals surface area contributed by atoms with Crippen molar-refractivity contribution in [2.24, 2.45) is 0 Å². The van der Waals surface area contributed by atoms with Crippen molar-refractivity contribution in [2.45, 2.75) is 25.6 Å². The minimum Gasteiger partial charge on any atom is -0.349 e. The van der Waals surface area contributed by atoms with Crippen LogP contribution in [0.1, 0.15) is 12.7 Å². The maximum absolute atomic E-state index is 12.4. The van der Waals surface area contributed by atoms with Gasteiger partial charge >= 0.3 is 6.18 Å². The highest BCUT2D eigenvalue weighted by molar-refractivity contribution is 4.93. The van der Waals surface area contributed by atoms with Crippen molar-refractivity contribution < 1.29 is 13.2 Å². The Bertz CT molecular complexity index is 255. The van der Waals surface area contributed by atoms with Gasteiger partial charge in [-0.3, -0.25) is 0 Å². The van der Waals surface area contributed by atoms with E-state index in [2.05, 4.69) is 15.3 Å². The number of H-pyrrole nitrogens is 1. The van der Waals surface area contributed by atoms with E-state index in [1.54, 1.807) is 6.92 Å². The molecule has 1 heterocycles. The highest BCUT2D eigenvalue weighted by Gasteiger charge is 2.39. The SMILES string of the molecule is CCNC(Cc1ncc[nH]1)C(F)(F)F. The molecule has 0 bridgehead atoms. The van der Waals surface area contributed by atoms with Gasteiger partial charge in [0.05, 0.1) is 0 Å². The van der Waals surface area contributed by atoms with Gasteiger partial charge in [-0.15, -0.1) is 0 Å². The van der Waals surface area contributed by atoms with E-state index in [0.717, 1.165) is 0 Å². The van der Waals surface area contributed by atoms with Gasteiger partial charge in [0.1, 0.15) is 11.9 Å². The van der Waals surface area contributed by atoms with Crippen molar-refractivity contribution >= 4 is 0 Å². The number of nitrogens with zero attached hydrogens (tertiary/aromatic N) is 1. The van der Waals surface area contributed by atoms with Crippen molar-refractivity contribution in [1.29, 1.82) is 0 Å². The number of rotatable bonds is 4. The van der Waals surface area contributed by atoms with Crippen LogP contribution in [0.2, 0.25) is 0 Å². The zero-order valence-corrected chi connectivity index (χ0v) is 7.73.